The monoisotopic (exact) mass is 210 g/mol. The first kappa shape index (κ1) is 12.8. The molecule has 2 heteroatoms. The summed E-state index contributed by atoms with van der Waals surface area (Å²) in [6.07, 6.45) is 4.39. The minimum Gasteiger partial charge on any atom is -0.473 e. The molecule has 76 valence electrons. The van der Waals surface area contributed by atoms with E-state index in [2.05, 4.69) is 35.6 Å². The fourth-order valence-corrected chi connectivity index (χ4v) is 0.941. The van der Waals surface area contributed by atoms with Gasteiger partial charge in [0.05, 0.1) is 12.5 Å². The molecule has 1 aromatic heterocycles. The van der Waals surface area contributed by atoms with Gasteiger partial charge in [-0.15, -0.1) is 12.4 Å². The molecule has 0 amide bonds. The molecule has 0 aliphatic carbocycles. The lowest BCUT2D eigenvalue weighted by Crippen LogP contribution is -1.73. The number of benzene rings is 1. The summed E-state index contributed by atoms with van der Waals surface area (Å²) in [5, 5.41) is 0. The highest BCUT2D eigenvalue weighted by Crippen LogP contribution is 1.96. The zero-order chi connectivity index (χ0) is 9.36. The summed E-state index contributed by atoms with van der Waals surface area (Å²) in [6.45, 7) is 2.16. The zero-order valence-corrected chi connectivity index (χ0v) is 9.04. The van der Waals surface area contributed by atoms with Gasteiger partial charge in [-0.25, -0.2) is 0 Å². The average molecular weight is 211 g/mol. The van der Waals surface area contributed by atoms with E-state index in [0.717, 1.165) is 6.42 Å². The number of hydrogen-bond donors (Lipinski definition) is 0. The minimum absolute atomic E-state index is 0. The van der Waals surface area contributed by atoms with Crippen LogP contribution in [0.5, 0.6) is 0 Å². The van der Waals surface area contributed by atoms with Crippen molar-refractivity contribution in [2.75, 3.05) is 0 Å². The van der Waals surface area contributed by atoms with Crippen molar-refractivity contribution in [3.8, 4) is 0 Å². The Bertz CT molecular complexity index is 272. The molecule has 2 aromatic rings. The number of hydrogen-bond acceptors (Lipinski definition) is 1. The van der Waals surface area contributed by atoms with Crippen LogP contribution < -0.4 is 0 Å². The Morgan fingerprint density at radius 2 is 1.50 bits per heavy atom. The van der Waals surface area contributed by atoms with E-state index in [4.69, 9.17) is 0 Å². The van der Waals surface area contributed by atoms with Gasteiger partial charge < -0.3 is 4.42 Å². The van der Waals surface area contributed by atoms with E-state index in [1.807, 2.05) is 18.2 Å². The second kappa shape index (κ2) is 8.39. The summed E-state index contributed by atoms with van der Waals surface area (Å²) in [5.41, 5.74) is 1.41. The van der Waals surface area contributed by atoms with Crippen molar-refractivity contribution in [3.05, 3.63) is 60.6 Å². The molecule has 0 bridgehead atoms. The van der Waals surface area contributed by atoms with Crippen molar-refractivity contribution in [3.63, 3.8) is 0 Å². The third-order valence-corrected chi connectivity index (χ3v) is 1.68. The van der Waals surface area contributed by atoms with Gasteiger partial charge >= 0.3 is 0 Å². The molecule has 0 fully saturated rings. The van der Waals surface area contributed by atoms with E-state index in [1.165, 1.54) is 5.56 Å². The Morgan fingerprint density at radius 1 is 0.929 bits per heavy atom. The van der Waals surface area contributed by atoms with Gasteiger partial charge in [-0.1, -0.05) is 37.3 Å². The lowest BCUT2D eigenvalue weighted by atomic mass is 10.2. The van der Waals surface area contributed by atoms with E-state index in [-0.39, 0.29) is 12.4 Å². The van der Waals surface area contributed by atoms with Gasteiger partial charge in [0.1, 0.15) is 0 Å². The first-order valence-electron chi connectivity index (χ1n) is 4.44. The molecule has 0 N–H and O–H groups in total. The quantitative estimate of drug-likeness (QED) is 0.695. The van der Waals surface area contributed by atoms with Crippen molar-refractivity contribution in [2.45, 2.75) is 13.3 Å². The molecule has 1 nitrogen and oxygen atoms in total. The van der Waals surface area contributed by atoms with Crippen LogP contribution in [-0.2, 0) is 6.42 Å². The van der Waals surface area contributed by atoms with E-state index in [0.29, 0.717) is 0 Å². The maximum Gasteiger partial charge on any atom is 0.0902 e. The van der Waals surface area contributed by atoms with Crippen LogP contribution in [0.4, 0.5) is 0 Å². The number of aryl methyl sites for hydroxylation is 1. The van der Waals surface area contributed by atoms with Gasteiger partial charge in [-0.2, -0.15) is 0 Å². The Hall–Kier alpha value is -1.21. The molecule has 0 saturated heterocycles. The smallest absolute Gasteiger partial charge is 0.0902 e. The molecular formula is C12H15ClO. The summed E-state index contributed by atoms with van der Waals surface area (Å²) in [4.78, 5) is 0. The number of furan rings is 1. The fourth-order valence-electron chi connectivity index (χ4n) is 0.941. The van der Waals surface area contributed by atoms with Crippen LogP contribution in [0.2, 0.25) is 0 Å². The highest BCUT2D eigenvalue weighted by molar-refractivity contribution is 5.85. The predicted molar refractivity (Wildman–Crippen MR) is 61.8 cm³/mol. The molecule has 1 heterocycles. The lowest BCUT2D eigenvalue weighted by Gasteiger charge is -1.89. The van der Waals surface area contributed by atoms with Gasteiger partial charge in [0.25, 0.3) is 0 Å². The van der Waals surface area contributed by atoms with E-state index < -0.39 is 0 Å². The van der Waals surface area contributed by atoms with Crippen LogP contribution in [0.3, 0.4) is 0 Å². The molecule has 0 unspecified atom stereocenters. The number of halogens is 1. The van der Waals surface area contributed by atoms with Crippen molar-refractivity contribution in [2.24, 2.45) is 0 Å². The summed E-state index contributed by atoms with van der Waals surface area (Å²) < 4.78 is 4.58. The highest BCUT2D eigenvalue weighted by atomic mass is 35.5. The van der Waals surface area contributed by atoms with Crippen molar-refractivity contribution in [1.82, 2.24) is 0 Å². The minimum atomic E-state index is 0. The van der Waals surface area contributed by atoms with Crippen molar-refractivity contribution >= 4 is 12.4 Å². The van der Waals surface area contributed by atoms with Gasteiger partial charge in [0.2, 0.25) is 0 Å². The van der Waals surface area contributed by atoms with E-state index in [9.17, 15) is 0 Å². The topological polar surface area (TPSA) is 13.1 Å². The average Bonchev–Trinajstić information content (AvgIpc) is 2.77. The van der Waals surface area contributed by atoms with Crippen LogP contribution in [0.1, 0.15) is 12.5 Å². The Kier molecular flexibility index (Phi) is 7.67. The van der Waals surface area contributed by atoms with Crippen LogP contribution in [-0.4, -0.2) is 0 Å². The summed E-state index contributed by atoms with van der Waals surface area (Å²) in [5.74, 6) is 0. The third-order valence-electron chi connectivity index (χ3n) is 1.68. The Labute approximate surface area is 91.2 Å². The normalized spacial score (nSPS) is 8.07. The molecule has 0 spiro atoms. The van der Waals surface area contributed by atoms with Gasteiger partial charge in [0, 0.05) is 0 Å². The van der Waals surface area contributed by atoms with E-state index in [1.54, 1.807) is 12.5 Å². The van der Waals surface area contributed by atoms with E-state index >= 15 is 0 Å². The second-order valence-corrected chi connectivity index (χ2v) is 2.63. The first-order valence-corrected chi connectivity index (χ1v) is 4.44. The summed E-state index contributed by atoms with van der Waals surface area (Å²) >= 11 is 0. The zero-order valence-electron chi connectivity index (χ0n) is 8.22. The van der Waals surface area contributed by atoms with Gasteiger partial charge in [-0.3, -0.25) is 0 Å². The largest absolute Gasteiger partial charge is 0.473 e. The summed E-state index contributed by atoms with van der Waals surface area (Å²) in [7, 11) is 0. The van der Waals surface area contributed by atoms with Crippen LogP contribution in [0.15, 0.2) is 59.4 Å². The fraction of sp³-hybridized carbons (Fsp3) is 0.167. The second-order valence-electron chi connectivity index (χ2n) is 2.63. The van der Waals surface area contributed by atoms with Gasteiger partial charge in [-0.05, 0) is 24.1 Å². The van der Waals surface area contributed by atoms with Crippen LogP contribution in [0, 0.1) is 0 Å². The standard InChI is InChI=1S/C8H10.C4H4O.ClH/c1-2-8-6-4-3-5-7-8;1-2-4-5-3-1;/h3-7H,2H2,1H3;1-4H;1H. The molecule has 0 radical (unpaired) electrons. The molecule has 0 aliphatic rings. The Balaban J connectivity index is 0.000000246. The van der Waals surface area contributed by atoms with Crippen LogP contribution in [0.25, 0.3) is 0 Å². The predicted octanol–water partition coefficient (Wildman–Crippen LogP) is 3.95. The third kappa shape index (κ3) is 5.44. The molecule has 0 atom stereocenters. The van der Waals surface area contributed by atoms with Crippen LogP contribution >= 0.6 is 12.4 Å². The highest BCUT2D eigenvalue weighted by Gasteiger charge is 1.79. The first-order chi connectivity index (χ1) is 6.43. The SMILES string of the molecule is CCc1ccccc1.Cl.c1ccoc1. The molecule has 1 aromatic carbocycles. The molecule has 0 aliphatic heterocycles. The lowest BCUT2D eigenvalue weighted by molar-refractivity contribution is 0.567. The molecule has 2 rings (SSSR count). The molecule has 0 saturated carbocycles. The summed E-state index contributed by atoms with van der Waals surface area (Å²) in [6, 6.07) is 14.1. The molecule has 14 heavy (non-hydrogen) atoms. The van der Waals surface area contributed by atoms with Crippen molar-refractivity contribution < 1.29 is 4.42 Å². The van der Waals surface area contributed by atoms with Gasteiger partial charge in [0.15, 0.2) is 0 Å². The molecular weight excluding hydrogens is 196 g/mol. The van der Waals surface area contributed by atoms with Crippen molar-refractivity contribution in [1.29, 1.82) is 0 Å². The maximum absolute atomic E-state index is 4.58. The number of rotatable bonds is 1. The Morgan fingerprint density at radius 3 is 1.79 bits per heavy atom. The maximum atomic E-state index is 4.58.